The summed E-state index contributed by atoms with van der Waals surface area (Å²) in [7, 11) is 0. The Balaban J connectivity index is 1.90. The van der Waals surface area contributed by atoms with Crippen LogP contribution in [0.4, 0.5) is 0 Å². The second kappa shape index (κ2) is 5.52. The second-order valence-corrected chi connectivity index (χ2v) is 5.90. The molecule has 0 saturated carbocycles. The van der Waals surface area contributed by atoms with Gasteiger partial charge in [0.15, 0.2) is 5.65 Å². The largest absolute Gasteiger partial charge is 0.296 e. The van der Waals surface area contributed by atoms with Crippen LogP contribution in [-0.2, 0) is 0 Å². The first-order chi connectivity index (χ1) is 11.2. The molecule has 0 amide bonds. The second-order valence-electron chi connectivity index (χ2n) is 5.47. The van der Waals surface area contributed by atoms with E-state index in [0.29, 0.717) is 0 Å². The van der Waals surface area contributed by atoms with Crippen molar-refractivity contribution < 1.29 is 0 Å². The summed E-state index contributed by atoms with van der Waals surface area (Å²) in [5.74, 6) is 0. The van der Waals surface area contributed by atoms with Crippen molar-refractivity contribution in [3.63, 3.8) is 0 Å². The first-order valence-corrected chi connectivity index (χ1v) is 7.75. The average molecular weight is 320 g/mol. The van der Waals surface area contributed by atoms with Gasteiger partial charge in [0.2, 0.25) is 0 Å². The summed E-state index contributed by atoms with van der Waals surface area (Å²) in [5.41, 5.74) is 6.19. The molecule has 0 saturated heterocycles. The predicted molar refractivity (Wildman–Crippen MR) is 93.6 cm³/mol. The molecule has 4 aromatic rings. The Labute approximate surface area is 139 Å². The lowest BCUT2D eigenvalue weighted by Crippen LogP contribution is -1.94. The van der Waals surface area contributed by atoms with E-state index in [1.165, 1.54) is 5.56 Å². The number of halogens is 1. The van der Waals surface area contributed by atoms with Crippen molar-refractivity contribution in [1.29, 1.82) is 0 Å². The van der Waals surface area contributed by atoms with E-state index in [2.05, 4.69) is 33.4 Å². The topological polar surface area (TPSA) is 30.2 Å². The van der Waals surface area contributed by atoms with Crippen LogP contribution in [0.2, 0.25) is 5.02 Å². The number of nitrogens with zero attached hydrogens (tertiary/aromatic N) is 3. The number of hydrogen-bond acceptors (Lipinski definition) is 2. The fourth-order valence-corrected chi connectivity index (χ4v) is 2.85. The van der Waals surface area contributed by atoms with Crippen LogP contribution in [0, 0.1) is 6.92 Å². The number of aryl methyl sites for hydroxylation is 1. The Hall–Kier alpha value is -2.65. The minimum absolute atomic E-state index is 0.727. The maximum Gasteiger partial charge on any atom is 0.155 e. The zero-order valence-corrected chi connectivity index (χ0v) is 13.3. The number of fused-ring (bicyclic) bond motifs is 1. The molecule has 2 heterocycles. The average Bonchev–Trinajstić information content (AvgIpc) is 2.99. The van der Waals surface area contributed by atoms with Gasteiger partial charge in [0.1, 0.15) is 0 Å². The SMILES string of the molecule is Cc1ccccc1-c1cn2c(-c3ccc(Cl)cc3)cnc2cn1. The molecular formula is C19H14ClN3. The van der Waals surface area contributed by atoms with Gasteiger partial charge in [-0.2, -0.15) is 0 Å². The van der Waals surface area contributed by atoms with Gasteiger partial charge < -0.3 is 0 Å². The van der Waals surface area contributed by atoms with E-state index >= 15 is 0 Å². The van der Waals surface area contributed by atoms with Gasteiger partial charge in [0.05, 0.1) is 23.8 Å². The van der Waals surface area contributed by atoms with Crippen molar-refractivity contribution in [2.45, 2.75) is 6.92 Å². The quantitative estimate of drug-likeness (QED) is 0.519. The molecule has 4 rings (SSSR count). The third kappa shape index (κ3) is 2.49. The van der Waals surface area contributed by atoms with Crippen molar-refractivity contribution in [3.05, 3.63) is 77.7 Å². The lowest BCUT2D eigenvalue weighted by Gasteiger charge is -2.07. The number of benzene rings is 2. The number of aromatic nitrogens is 3. The van der Waals surface area contributed by atoms with E-state index in [9.17, 15) is 0 Å². The summed E-state index contributed by atoms with van der Waals surface area (Å²) in [6.07, 6.45) is 5.71. The molecule has 112 valence electrons. The normalized spacial score (nSPS) is 11.0. The van der Waals surface area contributed by atoms with E-state index < -0.39 is 0 Å². The van der Waals surface area contributed by atoms with Gasteiger partial charge in [-0.25, -0.2) is 4.98 Å². The number of hydrogen-bond donors (Lipinski definition) is 0. The molecule has 4 heteroatoms. The Morgan fingerprint density at radius 2 is 1.70 bits per heavy atom. The van der Waals surface area contributed by atoms with Crippen molar-refractivity contribution in [2.24, 2.45) is 0 Å². The highest BCUT2D eigenvalue weighted by Crippen LogP contribution is 2.26. The van der Waals surface area contributed by atoms with Crippen molar-refractivity contribution >= 4 is 17.2 Å². The van der Waals surface area contributed by atoms with Gasteiger partial charge >= 0.3 is 0 Å². The minimum atomic E-state index is 0.727. The molecule has 3 nitrogen and oxygen atoms in total. The molecule has 0 radical (unpaired) electrons. The van der Waals surface area contributed by atoms with Crippen molar-refractivity contribution in [2.75, 3.05) is 0 Å². The number of imidazole rings is 1. The van der Waals surface area contributed by atoms with Crippen LogP contribution in [0.5, 0.6) is 0 Å². The Morgan fingerprint density at radius 1 is 0.913 bits per heavy atom. The zero-order valence-electron chi connectivity index (χ0n) is 12.6. The number of rotatable bonds is 2. The third-order valence-corrected chi connectivity index (χ3v) is 4.21. The molecule has 0 aliphatic carbocycles. The first-order valence-electron chi connectivity index (χ1n) is 7.37. The summed E-state index contributed by atoms with van der Waals surface area (Å²) in [4.78, 5) is 9.00. The monoisotopic (exact) mass is 319 g/mol. The van der Waals surface area contributed by atoms with Gasteiger partial charge in [-0.1, -0.05) is 48.0 Å². The van der Waals surface area contributed by atoms with E-state index in [1.807, 2.05) is 48.8 Å². The highest BCUT2D eigenvalue weighted by atomic mass is 35.5. The van der Waals surface area contributed by atoms with Gasteiger partial charge in [-0.3, -0.25) is 9.38 Å². The van der Waals surface area contributed by atoms with Crippen LogP contribution in [-0.4, -0.2) is 14.4 Å². The van der Waals surface area contributed by atoms with Crippen LogP contribution in [0.3, 0.4) is 0 Å². The van der Waals surface area contributed by atoms with Crippen LogP contribution in [0.25, 0.3) is 28.2 Å². The van der Waals surface area contributed by atoms with Crippen LogP contribution in [0.15, 0.2) is 67.1 Å². The fraction of sp³-hybridized carbons (Fsp3) is 0.0526. The Bertz CT molecular complexity index is 987. The zero-order chi connectivity index (χ0) is 15.8. The lowest BCUT2D eigenvalue weighted by molar-refractivity contribution is 1.13. The summed E-state index contributed by atoms with van der Waals surface area (Å²) < 4.78 is 2.07. The van der Waals surface area contributed by atoms with Gasteiger partial charge in [-0.15, -0.1) is 0 Å². The molecule has 23 heavy (non-hydrogen) atoms. The molecule has 0 aliphatic rings. The van der Waals surface area contributed by atoms with Crippen molar-refractivity contribution in [1.82, 2.24) is 14.4 Å². The molecule has 0 spiro atoms. The molecule has 2 aromatic heterocycles. The smallest absolute Gasteiger partial charge is 0.155 e. The maximum absolute atomic E-state index is 5.98. The van der Waals surface area contributed by atoms with Crippen LogP contribution < -0.4 is 0 Å². The molecule has 0 bridgehead atoms. The first kappa shape index (κ1) is 14.0. The van der Waals surface area contributed by atoms with Crippen LogP contribution >= 0.6 is 11.6 Å². The highest BCUT2D eigenvalue weighted by Gasteiger charge is 2.09. The summed E-state index contributed by atoms with van der Waals surface area (Å²) >= 11 is 5.98. The third-order valence-electron chi connectivity index (χ3n) is 3.96. The summed E-state index contributed by atoms with van der Waals surface area (Å²) in [5, 5.41) is 0.727. The van der Waals surface area contributed by atoms with Gasteiger partial charge in [0.25, 0.3) is 0 Å². The highest BCUT2D eigenvalue weighted by molar-refractivity contribution is 6.30. The molecular weight excluding hydrogens is 306 g/mol. The minimum Gasteiger partial charge on any atom is -0.296 e. The standard InChI is InChI=1S/C19H14ClN3/c1-13-4-2-3-5-16(13)17-12-23-18(10-22-19(23)11-21-17)14-6-8-15(20)9-7-14/h2-12H,1H3. The van der Waals surface area contributed by atoms with E-state index in [4.69, 9.17) is 11.6 Å². The van der Waals surface area contributed by atoms with E-state index in [-0.39, 0.29) is 0 Å². The molecule has 2 aromatic carbocycles. The molecule has 0 aliphatic heterocycles. The Morgan fingerprint density at radius 3 is 2.48 bits per heavy atom. The fourth-order valence-electron chi connectivity index (χ4n) is 2.72. The molecule has 0 fully saturated rings. The van der Waals surface area contributed by atoms with E-state index in [1.54, 1.807) is 6.20 Å². The summed E-state index contributed by atoms with van der Waals surface area (Å²) in [6.45, 7) is 2.09. The van der Waals surface area contributed by atoms with Crippen LogP contribution in [0.1, 0.15) is 5.56 Å². The van der Waals surface area contributed by atoms with Crippen molar-refractivity contribution in [3.8, 4) is 22.5 Å². The Kier molecular flexibility index (Phi) is 3.36. The molecule has 0 atom stereocenters. The van der Waals surface area contributed by atoms with Gasteiger partial charge in [-0.05, 0) is 24.6 Å². The molecule has 0 N–H and O–H groups in total. The van der Waals surface area contributed by atoms with E-state index in [0.717, 1.165) is 33.2 Å². The summed E-state index contributed by atoms with van der Waals surface area (Å²) in [6, 6.07) is 16.0. The maximum atomic E-state index is 5.98. The predicted octanol–water partition coefficient (Wildman–Crippen LogP) is 5.03. The van der Waals surface area contributed by atoms with Gasteiger partial charge in [0, 0.05) is 22.3 Å². The lowest BCUT2D eigenvalue weighted by atomic mass is 10.1. The molecule has 0 unspecified atom stereocenters.